The predicted octanol–water partition coefficient (Wildman–Crippen LogP) is 1.48. The van der Waals surface area contributed by atoms with E-state index in [1.165, 1.54) is 6.42 Å². The van der Waals surface area contributed by atoms with Gasteiger partial charge in [-0.1, -0.05) is 6.42 Å². The highest BCUT2D eigenvalue weighted by molar-refractivity contribution is 5.99. The second-order valence-corrected chi connectivity index (χ2v) is 10.1. The zero-order valence-electron chi connectivity index (χ0n) is 20.1. The summed E-state index contributed by atoms with van der Waals surface area (Å²) < 4.78 is 12.4. The maximum Gasteiger partial charge on any atom is 0.254 e. The molecule has 2 unspecified atom stereocenters. The molecule has 4 atom stereocenters. The lowest BCUT2D eigenvalue weighted by Gasteiger charge is -2.47. The minimum absolute atomic E-state index is 0.0813. The highest BCUT2D eigenvalue weighted by Crippen LogP contribution is 2.34. The molecule has 2 saturated heterocycles. The first-order valence-corrected chi connectivity index (χ1v) is 12.8. The normalized spacial score (nSPS) is 28.9. The number of hydrogen-bond donors (Lipinski definition) is 2. The number of fused-ring (bicyclic) bond motifs is 1. The molecule has 2 aromatic rings. The summed E-state index contributed by atoms with van der Waals surface area (Å²) in [5.41, 5.74) is 1.54. The number of carbonyl (C=O) groups is 2. The Morgan fingerprint density at radius 1 is 1.03 bits per heavy atom. The van der Waals surface area contributed by atoms with E-state index in [0.29, 0.717) is 36.9 Å². The van der Waals surface area contributed by atoms with Crippen molar-refractivity contribution in [1.82, 2.24) is 25.3 Å². The van der Waals surface area contributed by atoms with Crippen LogP contribution in [0.4, 0.5) is 0 Å². The van der Waals surface area contributed by atoms with Crippen LogP contribution in [0.2, 0.25) is 0 Å². The molecule has 10 heteroatoms. The van der Waals surface area contributed by atoms with E-state index in [2.05, 4.69) is 20.4 Å². The van der Waals surface area contributed by atoms with Gasteiger partial charge in [0.15, 0.2) is 0 Å². The number of rotatable bonds is 6. The largest absolute Gasteiger partial charge is 0.489 e. The van der Waals surface area contributed by atoms with Crippen molar-refractivity contribution in [3.63, 3.8) is 0 Å². The summed E-state index contributed by atoms with van der Waals surface area (Å²) >= 11 is 0. The van der Waals surface area contributed by atoms with Gasteiger partial charge in [-0.25, -0.2) is 0 Å². The zero-order chi connectivity index (χ0) is 24.6. The Morgan fingerprint density at radius 3 is 2.69 bits per heavy atom. The third-order valence-electron chi connectivity index (χ3n) is 7.79. The molecule has 3 aliphatic heterocycles. The molecular formula is C26H31N5O5. The van der Waals surface area contributed by atoms with Gasteiger partial charge in [0.25, 0.3) is 5.91 Å². The van der Waals surface area contributed by atoms with E-state index in [9.17, 15) is 14.7 Å². The van der Waals surface area contributed by atoms with Gasteiger partial charge in [-0.2, -0.15) is 5.10 Å². The molecule has 0 radical (unpaired) electrons. The second kappa shape index (κ2) is 9.67. The number of aliphatic hydroxyl groups excluding tert-OH is 1. The minimum atomic E-state index is -1.04. The van der Waals surface area contributed by atoms with Crippen LogP contribution in [0.1, 0.15) is 54.4 Å². The highest BCUT2D eigenvalue weighted by Gasteiger charge is 2.41. The molecule has 3 fully saturated rings. The second-order valence-electron chi connectivity index (χ2n) is 10.1. The molecule has 2 N–H and O–H groups in total. The summed E-state index contributed by atoms with van der Waals surface area (Å²) in [4.78, 5) is 28.7. The summed E-state index contributed by atoms with van der Waals surface area (Å²) in [6, 6.07) is 9.22. The molecule has 1 saturated carbocycles. The first-order valence-electron chi connectivity index (χ1n) is 12.8. The summed E-state index contributed by atoms with van der Waals surface area (Å²) in [6.07, 6.45) is 5.95. The predicted molar refractivity (Wildman–Crippen MR) is 128 cm³/mol. The fourth-order valence-corrected chi connectivity index (χ4v) is 5.90. The molecule has 36 heavy (non-hydrogen) atoms. The van der Waals surface area contributed by atoms with Crippen molar-refractivity contribution in [3.05, 3.63) is 47.7 Å². The van der Waals surface area contributed by atoms with Crippen LogP contribution in [0, 0.1) is 0 Å². The molecule has 4 aliphatic rings. The Balaban J connectivity index is 1.09. The van der Waals surface area contributed by atoms with E-state index in [4.69, 9.17) is 9.47 Å². The van der Waals surface area contributed by atoms with Gasteiger partial charge in [0, 0.05) is 49.9 Å². The SMILES string of the molecule is O=C1CCC(N2Cc3cc(O[C@H]4CCCC[C@H]4N4CC(Oc5cccnn5)C4)ccc3C2=O)C(O)N1. The van der Waals surface area contributed by atoms with Crippen molar-refractivity contribution in [3.8, 4) is 11.6 Å². The number of aliphatic hydroxyl groups is 1. The topological polar surface area (TPSA) is 117 Å². The monoisotopic (exact) mass is 493 g/mol. The molecule has 6 rings (SSSR count). The first-order chi connectivity index (χ1) is 17.5. The Morgan fingerprint density at radius 2 is 1.89 bits per heavy atom. The van der Waals surface area contributed by atoms with Crippen LogP contribution in [-0.2, 0) is 11.3 Å². The van der Waals surface area contributed by atoms with Gasteiger partial charge < -0.3 is 24.8 Å². The van der Waals surface area contributed by atoms with Crippen molar-refractivity contribution in [2.45, 2.75) is 75.6 Å². The number of carbonyl (C=O) groups excluding carboxylic acids is 2. The summed E-state index contributed by atoms with van der Waals surface area (Å²) in [5, 5.41) is 20.7. The smallest absolute Gasteiger partial charge is 0.254 e. The van der Waals surface area contributed by atoms with Gasteiger partial charge in [0.2, 0.25) is 11.8 Å². The molecule has 4 heterocycles. The molecule has 190 valence electrons. The van der Waals surface area contributed by atoms with Crippen molar-refractivity contribution < 1.29 is 24.2 Å². The highest BCUT2D eigenvalue weighted by atomic mass is 16.5. The van der Waals surface area contributed by atoms with Gasteiger partial charge in [-0.15, -0.1) is 5.10 Å². The number of benzene rings is 1. The Bertz CT molecular complexity index is 1120. The summed E-state index contributed by atoms with van der Waals surface area (Å²) in [5.74, 6) is 1.03. The van der Waals surface area contributed by atoms with E-state index < -0.39 is 12.3 Å². The van der Waals surface area contributed by atoms with Crippen LogP contribution in [0.15, 0.2) is 36.5 Å². The molecule has 1 aromatic carbocycles. The van der Waals surface area contributed by atoms with E-state index >= 15 is 0 Å². The van der Waals surface area contributed by atoms with Crippen LogP contribution < -0.4 is 14.8 Å². The lowest BCUT2D eigenvalue weighted by atomic mass is 9.89. The van der Waals surface area contributed by atoms with Crippen molar-refractivity contribution in [2.24, 2.45) is 0 Å². The molecule has 0 bridgehead atoms. The number of nitrogens with one attached hydrogen (secondary N) is 1. The standard InChI is InChI=1S/C26H31N5O5/c32-23-10-9-21(25(33)28-23)31-13-16-12-17(7-8-19(16)26(31)34)35-22-5-2-1-4-20(22)30-14-18(15-30)36-24-6-3-11-27-29-24/h3,6-8,11-12,18,20-22,25,33H,1-2,4-5,9-10,13-15H2,(H,28,32)/t20-,21?,22+,25?/m1/s1. The Kier molecular flexibility index (Phi) is 6.22. The van der Waals surface area contributed by atoms with Gasteiger partial charge in [-0.3, -0.25) is 14.5 Å². The third-order valence-corrected chi connectivity index (χ3v) is 7.79. The lowest BCUT2D eigenvalue weighted by Crippen LogP contribution is -2.62. The summed E-state index contributed by atoms with van der Waals surface area (Å²) in [7, 11) is 0. The van der Waals surface area contributed by atoms with E-state index in [1.54, 1.807) is 11.1 Å². The van der Waals surface area contributed by atoms with E-state index in [0.717, 1.165) is 43.7 Å². The quantitative estimate of drug-likeness (QED) is 0.622. The summed E-state index contributed by atoms with van der Waals surface area (Å²) in [6.45, 7) is 2.09. The molecule has 2 amide bonds. The van der Waals surface area contributed by atoms with Gasteiger partial charge in [0.1, 0.15) is 24.2 Å². The molecule has 1 aromatic heterocycles. The maximum absolute atomic E-state index is 13.0. The number of piperidine rings is 1. The molecule has 0 spiro atoms. The van der Waals surface area contributed by atoms with Crippen molar-refractivity contribution in [1.29, 1.82) is 0 Å². The zero-order valence-corrected chi connectivity index (χ0v) is 20.1. The van der Waals surface area contributed by atoms with Crippen LogP contribution in [0.3, 0.4) is 0 Å². The average Bonchev–Trinajstić information content (AvgIpc) is 3.18. The van der Waals surface area contributed by atoms with Crippen LogP contribution >= 0.6 is 0 Å². The Hall–Kier alpha value is -3.24. The van der Waals surface area contributed by atoms with Crippen LogP contribution in [0.25, 0.3) is 0 Å². The number of amides is 2. The minimum Gasteiger partial charge on any atom is -0.489 e. The Labute approximate surface area is 209 Å². The third kappa shape index (κ3) is 4.51. The van der Waals surface area contributed by atoms with Crippen molar-refractivity contribution in [2.75, 3.05) is 13.1 Å². The fourth-order valence-electron chi connectivity index (χ4n) is 5.90. The first kappa shape index (κ1) is 23.2. The number of likely N-dealkylation sites (tertiary alicyclic amines) is 1. The number of nitrogens with zero attached hydrogens (tertiary/aromatic N) is 4. The van der Waals surface area contributed by atoms with Crippen LogP contribution in [0.5, 0.6) is 11.6 Å². The fraction of sp³-hybridized carbons (Fsp3) is 0.538. The van der Waals surface area contributed by atoms with Gasteiger partial charge in [0.05, 0.1) is 6.04 Å². The van der Waals surface area contributed by atoms with Gasteiger partial charge >= 0.3 is 0 Å². The van der Waals surface area contributed by atoms with E-state index in [-0.39, 0.29) is 24.0 Å². The molecule has 10 nitrogen and oxygen atoms in total. The molecular weight excluding hydrogens is 462 g/mol. The lowest BCUT2D eigenvalue weighted by molar-refractivity contribution is -0.129. The van der Waals surface area contributed by atoms with Gasteiger partial charge in [-0.05, 0) is 55.5 Å². The van der Waals surface area contributed by atoms with E-state index in [1.807, 2.05) is 30.3 Å². The molecule has 1 aliphatic carbocycles. The van der Waals surface area contributed by atoms with Crippen molar-refractivity contribution >= 4 is 11.8 Å². The number of ether oxygens (including phenoxy) is 2. The number of hydrogen-bond acceptors (Lipinski definition) is 8. The average molecular weight is 494 g/mol. The maximum atomic E-state index is 13.0. The van der Waals surface area contributed by atoms with Crippen LogP contribution in [-0.4, -0.2) is 80.5 Å². The number of aromatic nitrogens is 2.